The van der Waals surface area contributed by atoms with E-state index in [-0.39, 0.29) is 18.1 Å². The normalized spacial score (nSPS) is 29.3. The number of nitriles is 1. The highest BCUT2D eigenvalue weighted by Gasteiger charge is 2.37. The summed E-state index contributed by atoms with van der Waals surface area (Å²) in [5.74, 6) is 0.419. The minimum absolute atomic E-state index is 0.114. The van der Waals surface area contributed by atoms with E-state index in [2.05, 4.69) is 17.9 Å². The number of amides is 1. The van der Waals surface area contributed by atoms with Crippen molar-refractivity contribution in [2.24, 2.45) is 5.92 Å². The van der Waals surface area contributed by atoms with Gasteiger partial charge in [0.05, 0.1) is 23.8 Å². The fourth-order valence-corrected chi connectivity index (χ4v) is 3.52. The Hall–Kier alpha value is -1.90. The van der Waals surface area contributed by atoms with Gasteiger partial charge < -0.3 is 10.0 Å². The van der Waals surface area contributed by atoms with Gasteiger partial charge in [0.25, 0.3) is 0 Å². The molecule has 23 heavy (non-hydrogen) atoms. The fraction of sp³-hybridized carbons (Fsp3) is 0.556. The third-order valence-corrected chi connectivity index (χ3v) is 5.11. The molecule has 1 aromatic carbocycles. The van der Waals surface area contributed by atoms with Gasteiger partial charge in [-0.15, -0.1) is 0 Å². The molecule has 0 bridgehead atoms. The van der Waals surface area contributed by atoms with E-state index >= 15 is 0 Å². The Kier molecular flexibility index (Phi) is 4.65. The Bertz CT molecular complexity index is 608. The van der Waals surface area contributed by atoms with E-state index in [0.717, 1.165) is 31.5 Å². The maximum absolute atomic E-state index is 12.9. The molecule has 5 heteroatoms. The minimum atomic E-state index is -0.346. The fourth-order valence-electron chi connectivity index (χ4n) is 3.52. The number of likely N-dealkylation sites (tertiary alicyclic amines) is 1. The first kappa shape index (κ1) is 16.0. The number of benzene rings is 1. The van der Waals surface area contributed by atoms with Gasteiger partial charge in [0, 0.05) is 18.8 Å². The van der Waals surface area contributed by atoms with Crippen molar-refractivity contribution in [1.82, 2.24) is 4.90 Å². The van der Waals surface area contributed by atoms with Crippen molar-refractivity contribution in [3.05, 3.63) is 29.8 Å². The first-order valence-corrected chi connectivity index (χ1v) is 8.34. The SMILES string of the molecule is CC1CCN(C2CCCN(c3ccc(C#N)cc3)C2=O)CC1O. The second-order valence-electron chi connectivity index (χ2n) is 6.63. The van der Waals surface area contributed by atoms with Crippen molar-refractivity contribution < 1.29 is 9.90 Å². The molecule has 2 saturated heterocycles. The van der Waals surface area contributed by atoms with Crippen molar-refractivity contribution in [1.29, 1.82) is 5.26 Å². The highest BCUT2D eigenvalue weighted by atomic mass is 16.3. The number of anilines is 1. The van der Waals surface area contributed by atoms with Crippen molar-refractivity contribution in [2.75, 3.05) is 24.5 Å². The van der Waals surface area contributed by atoms with Crippen LogP contribution < -0.4 is 4.90 Å². The topological polar surface area (TPSA) is 67.6 Å². The molecule has 0 aromatic heterocycles. The number of rotatable bonds is 2. The van der Waals surface area contributed by atoms with E-state index in [0.29, 0.717) is 24.6 Å². The Balaban J connectivity index is 1.74. The standard InChI is InChI=1S/C18H23N3O2/c1-13-8-10-20(12-17(13)22)16-3-2-9-21(18(16)23)15-6-4-14(11-19)5-7-15/h4-7,13,16-17,22H,2-3,8-10,12H2,1H3. The summed E-state index contributed by atoms with van der Waals surface area (Å²) in [5.41, 5.74) is 1.45. The van der Waals surface area contributed by atoms with Crippen molar-refractivity contribution in [3.8, 4) is 6.07 Å². The second-order valence-corrected chi connectivity index (χ2v) is 6.63. The molecule has 0 saturated carbocycles. The van der Waals surface area contributed by atoms with Crippen LogP contribution in [0.2, 0.25) is 0 Å². The Morgan fingerprint density at radius 2 is 1.96 bits per heavy atom. The highest BCUT2D eigenvalue weighted by molar-refractivity contribution is 5.98. The average Bonchev–Trinajstić information content (AvgIpc) is 2.58. The molecular weight excluding hydrogens is 290 g/mol. The number of piperidine rings is 2. The predicted molar refractivity (Wildman–Crippen MR) is 87.9 cm³/mol. The molecule has 1 aromatic rings. The maximum Gasteiger partial charge on any atom is 0.244 e. The predicted octanol–water partition coefficient (Wildman–Crippen LogP) is 1.76. The first-order chi connectivity index (χ1) is 11.1. The molecule has 0 radical (unpaired) electrons. The second kappa shape index (κ2) is 6.69. The number of β-amino-alcohol motifs (C(OH)–C–C–N with tert-alkyl or cyclic N) is 1. The quantitative estimate of drug-likeness (QED) is 0.903. The lowest BCUT2D eigenvalue weighted by Crippen LogP contribution is -2.56. The number of aliphatic hydroxyl groups excluding tert-OH is 1. The van der Waals surface area contributed by atoms with Crippen molar-refractivity contribution in [2.45, 2.75) is 38.3 Å². The third-order valence-electron chi connectivity index (χ3n) is 5.11. The van der Waals surface area contributed by atoms with Gasteiger partial charge in [-0.25, -0.2) is 0 Å². The summed E-state index contributed by atoms with van der Waals surface area (Å²) >= 11 is 0. The Morgan fingerprint density at radius 3 is 2.61 bits per heavy atom. The number of nitrogens with zero attached hydrogens (tertiary/aromatic N) is 3. The van der Waals surface area contributed by atoms with Gasteiger partial charge in [0.2, 0.25) is 5.91 Å². The van der Waals surface area contributed by atoms with Crippen LogP contribution in [0.25, 0.3) is 0 Å². The number of carbonyl (C=O) groups excluding carboxylic acids is 1. The summed E-state index contributed by atoms with van der Waals surface area (Å²) in [7, 11) is 0. The van der Waals surface area contributed by atoms with Gasteiger partial charge in [0.1, 0.15) is 0 Å². The molecule has 2 fully saturated rings. The number of hydrogen-bond acceptors (Lipinski definition) is 4. The van der Waals surface area contributed by atoms with Crippen LogP contribution >= 0.6 is 0 Å². The molecule has 2 heterocycles. The summed E-state index contributed by atoms with van der Waals surface area (Å²) in [6, 6.07) is 9.14. The van der Waals surface area contributed by atoms with E-state index in [4.69, 9.17) is 5.26 Å². The van der Waals surface area contributed by atoms with Gasteiger partial charge in [-0.2, -0.15) is 5.26 Å². The monoisotopic (exact) mass is 313 g/mol. The summed E-state index contributed by atoms with van der Waals surface area (Å²) in [4.78, 5) is 16.9. The lowest BCUT2D eigenvalue weighted by Gasteiger charge is -2.42. The molecular formula is C18H23N3O2. The van der Waals surface area contributed by atoms with E-state index in [1.54, 1.807) is 12.1 Å². The van der Waals surface area contributed by atoms with Crippen molar-refractivity contribution in [3.63, 3.8) is 0 Å². The number of aliphatic hydroxyl groups is 1. The zero-order chi connectivity index (χ0) is 16.4. The summed E-state index contributed by atoms with van der Waals surface area (Å²) in [5, 5.41) is 19.0. The molecule has 3 atom stereocenters. The summed E-state index contributed by atoms with van der Waals surface area (Å²) in [6.07, 6.45) is 2.40. The molecule has 3 unspecified atom stereocenters. The van der Waals surface area contributed by atoms with E-state index < -0.39 is 0 Å². The molecule has 1 N–H and O–H groups in total. The molecule has 5 nitrogen and oxygen atoms in total. The van der Waals surface area contributed by atoms with Gasteiger partial charge in [0.15, 0.2) is 0 Å². The first-order valence-electron chi connectivity index (χ1n) is 8.34. The smallest absolute Gasteiger partial charge is 0.244 e. The van der Waals surface area contributed by atoms with Crippen LogP contribution in [0.4, 0.5) is 5.69 Å². The lowest BCUT2D eigenvalue weighted by molar-refractivity contribution is -0.127. The van der Waals surface area contributed by atoms with Crippen LogP contribution in [-0.2, 0) is 4.79 Å². The molecule has 0 aliphatic carbocycles. The minimum Gasteiger partial charge on any atom is -0.392 e. The van der Waals surface area contributed by atoms with Gasteiger partial charge >= 0.3 is 0 Å². The molecule has 1 amide bonds. The summed E-state index contributed by atoms with van der Waals surface area (Å²) in [6.45, 7) is 4.23. The van der Waals surface area contributed by atoms with Gasteiger partial charge in [-0.3, -0.25) is 9.69 Å². The number of carbonyl (C=O) groups is 1. The Morgan fingerprint density at radius 1 is 1.22 bits per heavy atom. The number of hydrogen-bond donors (Lipinski definition) is 1. The summed E-state index contributed by atoms with van der Waals surface area (Å²) < 4.78 is 0. The van der Waals surface area contributed by atoms with Crippen LogP contribution in [0.3, 0.4) is 0 Å². The van der Waals surface area contributed by atoms with E-state index in [9.17, 15) is 9.90 Å². The molecule has 2 aliphatic rings. The largest absolute Gasteiger partial charge is 0.392 e. The molecule has 122 valence electrons. The van der Waals surface area contributed by atoms with E-state index in [1.165, 1.54) is 0 Å². The van der Waals surface area contributed by atoms with Gasteiger partial charge in [-0.1, -0.05) is 6.92 Å². The third kappa shape index (κ3) is 3.24. The van der Waals surface area contributed by atoms with Crippen LogP contribution in [-0.4, -0.2) is 47.7 Å². The molecule has 0 spiro atoms. The van der Waals surface area contributed by atoms with Crippen molar-refractivity contribution >= 4 is 11.6 Å². The van der Waals surface area contributed by atoms with Crippen LogP contribution in [0.5, 0.6) is 0 Å². The van der Waals surface area contributed by atoms with Crippen LogP contribution in [0.1, 0.15) is 31.7 Å². The molecule has 3 rings (SSSR count). The zero-order valence-corrected chi connectivity index (χ0v) is 13.5. The average molecular weight is 313 g/mol. The van der Waals surface area contributed by atoms with Crippen LogP contribution in [0, 0.1) is 17.2 Å². The lowest BCUT2D eigenvalue weighted by atomic mass is 9.92. The van der Waals surface area contributed by atoms with Gasteiger partial charge in [-0.05, 0) is 56.0 Å². The van der Waals surface area contributed by atoms with E-state index in [1.807, 2.05) is 17.0 Å². The Labute approximate surface area is 137 Å². The maximum atomic E-state index is 12.9. The highest BCUT2D eigenvalue weighted by Crippen LogP contribution is 2.27. The molecule has 2 aliphatic heterocycles. The van der Waals surface area contributed by atoms with Crippen LogP contribution in [0.15, 0.2) is 24.3 Å². The zero-order valence-electron chi connectivity index (χ0n) is 13.5.